The highest BCUT2D eigenvalue weighted by molar-refractivity contribution is 6.42. The lowest BCUT2D eigenvalue weighted by molar-refractivity contribution is -0.117. The first kappa shape index (κ1) is 13.9. The summed E-state index contributed by atoms with van der Waals surface area (Å²) in [5, 5.41) is 1.12. The van der Waals surface area contributed by atoms with Gasteiger partial charge < -0.3 is 5.73 Å². The third kappa shape index (κ3) is 3.98. The van der Waals surface area contributed by atoms with Crippen LogP contribution in [0.4, 0.5) is 0 Å². The summed E-state index contributed by atoms with van der Waals surface area (Å²) in [6, 6.07) is 13.4. The molecule has 0 radical (unpaired) electrons. The standard InChI is InChI=1S/C15H13Cl2NO/c16-13-6-5-12(8-14(13)17)7-10-1-3-11(4-2-10)9-15(18)19/h1-6,8H,7,9H2,(H2,18,19). The normalized spacial score (nSPS) is 10.4. The van der Waals surface area contributed by atoms with E-state index >= 15 is 0 Å². The fourth-order valence-corrected chi connectivity index (χ4v) is 2.18. The number of halogens is 2. The van der Waals surface area contributed by atoms with Gasteiger partial charge in [-0.3, -0.25) is 4.79 Å². The zero-order valence-electron chi connectivity index (χ0n) is 10.2. The van der Waals surface area contributed by atoms with Crippen molar-refractivity contribution in [2.75, 3.05) is 0 Å². The van der Waals surface area contributed by atoms with Gasteiger partial charge >= 0.3 is 0 Å². The highest BCUT2D eigenvalue weighted by atomic mass is 35.5. The minimum atomic E-state index is -0.322. The Kier molecular flexibility index (Phi) is 4.46. The number of benzene rings is 2. The van der Waals surface area contributed by atoms with Crippen LogP contribution in [0.25, 0.3) is 0 Å². The van der Waals surface area contributed by atoms with Crippen molar-refractivity contribution < 1.29 is 4.79 Å². The van der Waals surface area contributed by atoms with Crippen molar-refractivity contribution in [1.29, 1.82) is 0 Å². The quantitative estimate of drug-likeness (QED) is 0.919. The molecule has 19 heavy (non-hydrogen) atoms. The lowest BCUT2D eigenvalue weighted by atomic mass is 10.0. The van der Waals surface area contributed by atoms with Crippen molar-refractivity contribution in [3.05, 3.63) is 69.2 Å². The number of carbonyl (C=O) groups excluding carboxylic acids is 1. The van der Waals surface area contributed by atoms with Crippen molar-refractivity contribution in [3.63, 3.8) is 0 Å². The lowest BCUT2D eigenvalue weighted by Gasteiger charge is -2.05. The van der Waals surface area contributed by atoms with E-state index in [-0.39, 0.29) is 12.3 Å². The van der Waals surface area contributed by atoms with E-state index in [1.165, 1.54) is 0 Å². The predicted octanol–water partition coefficient (Wildman–Crippen LogP) is 3.61. The molecule has 0 bridgehead atoms. The third-order valence-corrected chi connectivity index (χ3v) is 3.53. The number of hydrogen-bond acceptors (Lipinski definition) is 1. The summed E-state index contributed by atoms with van der Waals surface area (Å²) in [6.45, 7) is 0. The van der Waals surface area contributed by atoms with E-state index in [9.17, 15) is 4.79 Å². The fraction of sp³-hybridized carbons (Fsp3) is 0.133. The van der Waals surface area contributed by atoms with Crippen molar-refractivity contribution in [2.24, 2.45) is 5.73 Å². The van der Waals surface area contributed by atoms with Crippen LogP contribution in [-0.4, -0.2) is 5.91 Å². The van der Waals surface area contributed by atoms with Crippen molar-refractivity contribution in [1.82, 2.24) is 0 Å². The molecule has 2 N–H and O–H groups in total. The summed E-state index contributed by atoms with van der Waals surface area (Å²) in [7, 11) is 0. The van der Waals surface area contributed by atoms with Crippen molar-refractivity contribution >= 4 is 29.1 Å². The molecule has 0 unspecified atom stereocenters. The molecule has 2 aromatic carbocycles. The van der Waals surface area contributed by atoms with E-state index in [0.29, 0.717) is 10.0 Å². The molecule has 0 aromatic heterocycles. The van der Waals surface area contributed by atoms with Gasteiger partial charge in [-0.2, -0.15) is 0 Å². The van der Waals surface area contributed by atoms with Crippen LogP contribution in [0.15, 0.2) is 42.5 Å². The Balaban J connectivity index is 2.10. The smallest absolute Gasteiger partial charge is 0.221 e. The lowest BCUT2D eigenvalue weighted by Crippen LogP contribution is -2.13. The Labute approximate surface area is 122 Å². The monoisotopic (exact) mass is 293 g/mol. The highest BCUT2D eigenvalue weighted by Gasteiger charge is 2.02. The first-order chi connectivity index (χ1) is 9.04. The van der Waals surface area contributed by atoms with Gasteiger partial charge in [-0.05, 0) is 35.2 Å². The molecule has 1 amide bonds. The third-order valence-electron chi connectivity index (χ3n) is 2.79. The summed E-state index contributed by atoms with van der Waals surface area (Å²) < 4.78 is 0. The largest absolute Gasteiger partial charge is 0.369 e. The Morgan fingerprint density at radius 3 is 2.05 bits per heavy atom. The van der Waals surface area contributed by atoms with Crippen LogP contribution in [0, 0.1) is 0 Å². The van der Waals surface area contributed by atoms with Crippen LogP contribution in [-0.2, 0) is 17.6 Å². The summed E-state index contributed by atoms with van der Waals surface area (Å²) in [5.74, 6) is -0.322. The van der Waals surface area contributed by atoms with Gasteiger partial charge in [0.25, 0.3) is 0 Å². The number of hydrogen-bond donors (Lipinski definition) is 1. The fourth-order valence-electron chi connectivity index (χ4n) is 1.86. The minimum Gasteiger partial charge on any atom is -0.369 e. The van der Waals surface area contributed by atoms with Gasteiger partial charge in [0.2, 0.25) is 5.91 Å². The van der Waals surface area contributed by atoms with Gasteiger partial charge in [0.1, 0.15) is 0 Å². The number of nitrogens with two attached hydrogens (primary N) is 1. The zero-order chi connectivity index (χ0) is 13.8. The van der Waals surface area contributed by atoms with E-state index in [1.807, 2.05) is 36.4 Å². The molecule has 4 heteroatoms. The molecule has 0 spiro atoms. The van der Waals surface area contributed by atoms with E-state index in [0.717, 1.165) is 23.1 Å². The second kappa shape index (κ2) is 6.09. The van der Waals surface area contributed by atoms with Crippen LogP contribution in [0.1, 0.15) is 16.7 Å². The molecule has 0 fully saturated rings. The molecule has 98 valence electrons. The molecular formula is C15H13Cl2NO. The molecule has 0 aliphatic carbocycles. The molecule has 0 aliphatic heterocycles. The molecule has 0 aliphatic rings. The summed E-state index contributed by atoms with van der Waals surface area (Å²) >= 11 is 11.9. The Morgan fingerprint density at radius 1 is 0.895 bits per heavy atom. The number of primary amides is 1. The molecule has 2 aromatic rings. The summed E-state index contributed by atoms with van der Waals surface area (Å²) in [5.41, 5.74) is 8.31. The number of rotatable bonds is 4. The second-order valence-corrected chi connectivity index (χ2v) is 5.20. The number of amides is 1. The second-order valence-electron chi connectivity index (χ2n) is 4.38. The Morgan fingerprint density at radius 2 is 1.47 bits per heavy atom. The SMILES string of the molecule is NC(=O)Cc1ccc(Cc2ccc(Cl)c(Cl)c2)cc1. The zero-order valence-corrected chi connectivity index (χ0v) is 11.7. The molecule has 0 saturated carbocycles. The first-order valence-corrected chi connectivity index (χ1v) is 6.60. The van der Waals surface area contributed by atoms with Gasteiger partial charge in [-0.1, -0.05) is 53.5 Å². The topological polar surface area (TPSA) is 43.1 Å². The van der Waals surface area contributed by atoms with Gasteiger partial charge in [0, 0.05) is 0 Å². The maximum absolute atomic E-state index is 10.8. The molecule has 0 atom stereocenters. The average molecular weight is 294 g/mol. The number of carbonyl (C=O) groups is 1. The predicted molar refractivity (Wildman–Crippen MR) is 78.6 cm³/mol. The van der Waals surface area contributed by atoms with Crippen LogP contribution in [0.2, 0.25) is 10.0 Å². The van der Waals surface area contributed by atoms with Gasteiger partial charge in [-0.25, -0.2) is 0 Å². The van der Waals surface area contributed by atoms with Crippen molar-refractivity contribution in [3.8, 4) is 0 Å². The van der Waals surface area contributed by atoms with Crippen LogP contribution >= 0.6 is 23.2 Å². The Bertz CT molecular complexity index is 594. The van der Waals surface area contributed by atoms with Crippen LogP contribution in [0.5, 0.6) is 0 Å². The Hall–Kier alpha value is -1.51. The van der Waals surface area contributed by atoms with E-state index in [4.69, 9.17) is 28.9 Å². The molecule has 2 nitrogen and oxygen atoms in total. The van der Waals surface area contributed by atoms with Gasteiger partial charge in [0.15, 0.2) is 0 Å². The molecular weight excluding hydrogens is 281 g/mol. The molecule has 2 rings (SSSR count). The van der Waals surface area contributed by atoms with E-state index in [2.05, 4.69) is 0 Å². The average Bonchev–Trinajstić information content (AvgIpc) is 2.36. The van der Waals surface area contributed by atoms with Crippen LogP contribution < -0.4 is 5.73 Å². The summed E-state index contributed by atoms with van der Waals surface area (Å²) in [4.78, 5) is 10.8. The highest BCUT2D eigenvalue weighted by Crippen LogP contribution is 2.23. The maximum Gasteiger partial charge on any atom is 0.221 e. The first-order valence-electron chi connectivity index (χ1n) is 5.84. The molecule has 0 saturated heterocycles. The van der Waals surface area contributed by atoms with E-state index < -0.39 is 0 Å². The maximum atomic E-state index is 10.8. The van der Waals surface area contributed by atoms with Crippen LogP contribution in [0.3, 0.4) is 0 Å². The molecule has 0 heterocycles. The van der Waals surface area contributed by atoms with Gasteiger partial charge in [-0.15, -0.1) is 0 Å². The summed E-state index contributed by atoms with van der Waals surface area (Å²) in [6.07, 6.45) is 1.04. The minimum absolute atomic E-state index is 0.271. The van der Waals surface area contributed by atoms with E-state index in [1.54, 1.807) is 6.07 Å². The van der Waals surface area contributed by atoms with Crippen molar-refractivity contribution in [2.45, 2.75) is 12.8 Å². The van der Waals surface area contributed by atoms with Gasteiger partial charge in [0.05, 0.1) is 16.5 Å².